The Morgan fingerprint density at radius 1 is 0.871 bits per heavy atom. The third-order valence-corrected chi connectivity index (χ3v) is 4.17. The van der Waals surface area contributed by atoms with E-state index in [2.05, 4.69) is 4.98 Å². The number of thiazole rings is 1. The summed E-state index contributed by atoms with van der Waals surface area (Å²) < 4.78 is 20.6. The van der Waals surface area contributed by atoms with Crippen molar-refractivity contribution in [3.8, 4) is 0 Å². The molecule has 0 aliphatic rings. The van der Waals surface area contributed by atoms with Crippen molar-refractivity contribution in [1.82, 2.24) is 4.98 Å². The van der Waals surface area contributed by atoms with E-state index in [1.54, 1.807) is 55.4 Å². The summed E-state index contributed by atoms with van der Waals surface area (Å²) in [5.74, 6) is -1.36. The number of anilines is 1. The van der Waals surface area contributed by atoms with Gasteiger partial charge in [0.25, 0.3) is 0 Å². The molecule has 0 N–H and O–H groups in total. The molecule has 0 spiro atoms. The molecule has 0 saturated carbocycles. The molecule has 0 aliphatic carbocycles. The first kappa shape index (κ1) is 26.3. The van der Waals surface area contributed by atoms with Gasteiger partial charge >= 0.3 is 24.1 Å². The van der Waals surface area contributed by atoms with Crippen LogP contribution in [-0.4, -0.2) is 53.5 Å². The molecule has 0 aromatic carbocycles. The summed E-state index contributed by atoms with van der Waals surface area (Å²) in [5, 5.41) is -0.189. The molecular weight excluding hydrogens is 428 g/mol. The van der Waals surface area contributed by atoms with Crippen LogP contribution in [0.3, 0.4) is 0 Å². The highest BCUT2D eigenvalue weighted by molar-refractivity contribution is 7.18. The minimum atomic E-state index is -1.03. The van der Waals surface area contributed by atoms with E-state index in [4.69, 9.17) is 18.9 Å². The largest absolute Gasteiger partial charge is 0.466 e. The highest BCUT2D eigenvalue weighted by Crippen LogP contribution is 2.30. The van der Waals surface area contributed by atoms with Crippen LogP contribution in [0, 0.1) is 0 Å². The number of hydrogen-bond donors (Lipinski definition) is 0. The first-order valence-electron chi connectivity index (χ1n) is 9.77. The quantitative estimate of drug-likeness (QED) is 0.458. The van der Waals surface area contributed by atoms with Crippen LogP contribution in [0.1, 0.15) is 70.8 Å². The third-order valence-electron chi connectivity index (χ3n) is 3.11. The molecule has 0 unspecified atom stereocenters. The lowest BCUT2D eigenvalue weighted by Crippen LogP contribution is -2.43. The predicted molar refractivity (Wildman–Crippen MR) is 113 cm³/mol. The number of aromatic nitrogens is 1. The fourth-order valence-electron chi connectivity index (χ4n) is 2.11. The summed E-state index contributed by atoms with van der Waals surface area (Å²) in [4.78, 5) is 54.7. The van der Waals surface area contributed by atoms with Crippen LogP contribution >= 0.6 is 11.3 Å². The standard InChI is InChI=1S/C20H30N2O8S/c1-9-27-13(23)11-12-14(15(24)28-10-2)31-16(21-12)22(17(25)29-19(3,4)5)18(26)30-20(6,7)8/h9-11H2,1-8H3. The molecular formula is C20H30N2O8S. The Morgan fingerprint density at radius 2 is 1.35 bits per heavy atom. The van der Waals surface area contributed by atoms with Crippen molar-refractivity contribution in [2.45, 2.75) is 73.0 Å². The Balaban J connectivity index is 3.47. The second-order valence-electron chi connectivity index (χ2n) is 8.27. The lowest BCUT2D eigenvalue weighted by Gasteiger charge is -2.27. The fourth-order valence-corrected chi connectivity index (χ4v) is 3.06. The first-order valence-corrected chi connectivity index (χ1v) is 10.6. The number of amides is 2. The number of carbonyl (C=O) groups excluding carboxylic acids is 4. The number of rotatable bonds is 6. The zero-order chi connectivity index (χ0) is 24.0. The Hall–Kier alpha value is -2.69. The molecule has 0 saturated heterocycles. The smallest absolute Gasteiger partial charge is 0.426 e. The number of hydrogen-bond acceptors (Lipinski definition) is 10. The molecule has 2 amide bonds. The van der Waals surface area contributed by atoms with Crippen molar-refractivity contribution in [1.29, 1.82) is 0 Å². The number of imide groups is 1. The maximum atomic E-state index is 12.8. The van der Waals surface area contributed by atoms with Crippen molar-refractivity contribution < 1.29 is 38.1 Å². The van der Waals surface area contributed by atoms with Crippen molar-refractivity contribution in [2.24, 2.45) is 0 Å². The summed E-state index contributed by atoms with van der Waals surface area (Å²) in [6.07, 6.45) is -2.41. The van der Waals surface area contributed by atoms with E-state index in [1.807, 2.05) is 0 Å². The zero-order valence-corrected chi connectivity index (χ0v) is 20.0. The fraction of sp³-hybridized carbons (Fsp3) is 0.650. The summed E-state index contributed by atoms with van der Waals surface area (Å²) >= 11 is 0.715. The second-order valence-corrected chi connectivity index (χ2v) is 9.25. The SMILES string of the molecule is CCOC(=O)Cc1nc(N(C(=O)OC(C)(C)C)C(=O)OC(C)(C)C)sc1C(=O)OCC. The van der Waals surface area contributed by atoms with E-state index < -0.39 is 35.3 Å². The minimum absolute atomic E-state index is 0.0222. The van der Waals surface area contributed by atoms with E-state index >= 15 is 0 Å². The Bertz CT molecular complexity index is 792. The van der Waals surface area contributed by atoms with E-state index in [0.717, 1.165) is 0 Å². The molecule has 1 aromatic rings. The van der Waals surface area contributed by atoms with Crippen molar-refractivity contribution >= 4 is 40.6 Å². The summed E-state index contributed by atoms with van der Waals surface area (Å²) in [5.41, 5.74) is -1.80. The van der Waals surface area contributed by atoms with Gasteiger partial charge in [0, 0.05) is 0 Å². The second kappa shape index (κ2) is 10.6. The molecule has 11 heteroatoms. The van der Waals surface area contributed by atoms with Crippen LogP contribution in [0.5, 0.6) is 0 Å². The molecule has 10 nitrogen and oxygen atoms in total. The number of nitrogens with zero attached hydrogens (tertiary/aromatic N) is 2. The summed E-state index contributed by atoms with van der Waals surface area (Å²) in [6.45, 7) is 13.3. The van der Waals surface area contributed by atoms with Gasteiger partial charge in [-0.05, 0) is 55.4 Å². The number of ether oxygens (including phenoxy) is 4. The van der Waals surface area contributed by atoms with E-state index in [0.29, 0.717) is 16.2 Å². The third kappa shape index (κ3) is 8.52. The summed E-state index contributed by atoms with van der Waals surface area (Å²) in [6, 6.07) is 0. The highest BCUT2D eigenvalue weighted by Gasteiger charge is 2.36. The number of esters is 2. The molecule has 0 aliphatic heterocycles. The maximum Gasteiger partial charge on any atom is 0.426 e. The van der Waals surface area contributed by atoms with Crippen molar-refractivity contribution in [3.63, 3.8) is 0 Å². The highest BCUT2D eigenvalue weighted by atomic mass is 32.1. The lowest BCUT2D eigenvalue weighted by molar-refractivity contribution is -0.142. The van der Waals surface area contributed by atoms with Crippen molar-refractivity contribution in [2.75, 3.05) is 18.1 Å². The number of carbonyl (C=O) groups is 4. The van der Waals surface area contributed by atoms with Gasteiger partial charge in [0.05, 0.1) is 25.3 Å². The Kier molecular flexibility index (Phi) is 8.97. The lowest BCUT2D eigenvalue weighted by atomic mass is 10.2. The van der Waals surface area contributed by atoms with Gasteiger partial charge in [-0.25, -0.2) is 19.4 Å². The Labute approximate surface area is 185 Å². The van der Waals surface area contributed by atoms with Gasteiger partial charge in [0.1, 0.15) is 16.1 Å². The molecule has 0 bridgehead atoms. The van der Waals surface area contributed by atoms with Gasteiger partial charge < -0.3 is 18.9 Å². The monoisotopic (exact) mass is 458 g/mol. The van der Waals surface area contributed by atoms with Crippen LogP contribution in [0.4, 0.5) is 14.7 Å². The van der Waals surface area contributed by atoms with Gasteiger partial charge in [0.15, 0.2) is 0 Å². The molecule has 1 aromatic heterocycles. The molecule has 0 radical (unpaired) electrons. The molecule has 0 atom stereocenters. The Morgan fingerprint density at radius 3 is 1.77 bits per heavy atom. The van der Waals surface area contributed by atoms with E-state index in [9.17, 15) is 19.2 Å². The van der Waals surface area contributed by atoms with Crippen LogP contribution < -0.4 is 4.90 Å². The average molecular weight is 459 g/mol. The topological polar surface area (TPSA) is 121 Å². The molecule has 1 heterocycles. The van der Waals surface area contributed by atoms with Crippen LogP contribution in [0.15, 0.2) is 0 Å². The minimum Gasteiger partial charge on any atom is -0.466 e. The van der Waals surface area contributed by atoms with Crippen LogP contribution in [0.2, 0.25) is 0 Å². The van der Waals surface area contributed by atoms with Crippen LogP contribution in [0.25, 0.3) is 0 Å². The van der Waals surface area contributed by atoms with E-state index in [1.165, 1.54) is 0 Å². The van der Waals surface area contributed by atoms with Gasteiger partial charge in [0.2, 0.25) is 5.13 Å². The van der Waals surface area contributed by atoms with E-state index in [-0.39, 0.29) is 35.3 Å². The van der Waals surface area contributed by atoms with Crippen molar-refractivity contribution in [3.05, 3.63) is 10.6 Å². The molecule has 0 fully saturated rings. The molecule has 1 rings (SSSR count). The van der Waals surface area contributed by atoms with Gasteiger partial charge in [-0.3, -0.25) is 4.79 Å². The van der Waals surface area contributed by atoms with Gasteiger partial charge in [-0.1, -0.05) is 11.3 Å². The maximum absolute atomic E-state index is 12.8. The first-order chi connectivity index (χ1) is 14.2. The van der Waals surface area contributed by atoms with Crippen LogP contribution in [-0.2, 0) is 30.2 Å². The summed E-state index contributed by atoms with van der Waals surface area (Å²) in [7, 11) is 0. The average Bonchev–Trinajstić information content (AvgIpc) is 2.95. The zero-order valence-electron chi connectivity index (χ0n) is 19.2. The van der Waals surface area contributed by atoms with Gasteiger partial charge in [-0.2, -0.15) is 4.90 Å². The molecule has 31 heavy (non-hydrogen) atoms. The molecule has 174 valence electrons. The predicted octanol–water partition coefficient (Wildman–Crippen LogP) is 4.10. The normalized spacial score (nSPS) is 11.5. The van der Waals surface area contributed by atoms with Gasteiger partial charge in [-0.15, -0.1) is 0 Å².